The molecular formula is C20H20FN5O3S. The van der Waals surface area contributed by atoms with Gasteiger partial charge in [0.15, 0.2) is 0 Å². The molecule has 10 heteroatoms. The van der Waals surface area contributed by atoms with E-state index in [1.165, 1.54) is 36.4 Å². The Morgan fingerprint density at radius 1 is 1.10 bits per heavy atom. The molecule has 1 N–H and O–H groups in total. The van der Waals surface area contributed by atoms with E-state index in [-0.39, 0.29) is 16.5 Å². The molecule has 0 saturated carbocycles. The number of carbonyl (C=O) groups excluding carboxylic acids is 1. The van der Waals surface area contributed by atoms with Crippen molar-refractivity contribution in [2.45, 2.75) is 31.8 Å². The van der Waals surface area contributed by atoms with E-state index in [2.05, 4.69) is 14.8 Å². The molecule has 0 radical (unpaired) electrons. The van der Waals surface area contributed by atoms with Crippen LogP contribution in [0.25, 0.3) is 0 Å². The van der Waals surface area contributed by atoms with E-state index in [1.54, 1.807) is 29.5 Å². The van der Waals surface area contributed by atoms with E-state index < -0.39 is 15.8 Å². The summed E-state index contributed by atoms with van der Waals surface area (Å²) in [5.41, 5.74) is 1.21. The van der Waals surface area contributed by atoms with Crippen molar-refractivity contribution < 1.29 is 17.6 Å². The summed E-state index contributed by atoms with van der Waals surface area (Å²) in [4.78, 5) is 19.0. The summed E-state index contributed by atoms with van der Waals surface area (Å²) in [6, 6.07) is 9.40. The summed E-state index contributed by atoms with van der Waals surface area (Å²) < 4.78 is 42.8. The Morgan fingerprint density at radius 2 is 1.83 bits per heavy atom. The molecule has 0 bridgehead atoms. The van der Waals surface area contributed by atoms with E-state index in [0.717, 1.165) is 0 Å². The third kappa shape index (κ3) is 3.90. The van der Waals surface area contributed by atoms with E-state index in [1.807, 2.05) is 0 Å². The molecule has 1 aromatic heterocycles. The summed E-state index contributed by atoms with van der Waals surface area (Å²) in [5.74, 6) is 0.619. The van der Waals surface area contributed by atoms with Crippen molar-refractivity contribution in [3.05, 3.63) is 71.1 Å². The van der Waals surface area contributed by atoms with Crippen LogP contribution in [0.3, 0.4) is 0 Å². The number of amides is 1. The van der Waals surface area contributed by atoms with Crippen molar-refractivity contribution in [1.29, 1.82) is 0 Å². The van der Waals surface area contributed by atoms with Gasteiger partial charge in [0.05, 0.1) is 18.0 Å². The number of rotatable bonds is 4. The number of anilines is 1. The number of nitrogens with zero attached hydrogens (tertiary/aromatic N) is 4. The Hall–Kier alpha value is -3.27. The SMILES string of the molecule is Cc1nc2n(n1)CCN(C(=O)c1cc(S(=O)(=O)Nc3ccc(F)cc3)ccc1C)C2. The highest BCUT2D eigenvalue weighted by molar-refractivity contribution is 7.92. The average molecular weight is 429 g/mol. The Labute approximate surface area is 173 Å². The minimum Gasteiger partial charge on any atom is -0.329 e. The lowest BCUT2D eigenvalue weighted by Gasteiger charge is -2.27. The molecule has 0 atom stereocenters. The molecule has 3 aromatic rings. The van der Waals surface area contributed by atoms with Crippen LogP contribution in [0.5, 0.6) is 0 Å². The monoisotopic (exact) mass is 429 g/mol. The van der Waals surface area contributed by atoms with Crippen molar-refractivity contribution in [2.75, 3.05) is 11.3 Å². The molecule has 0 spiro atoms. The van der Waals surface area contributed by atoms with Gasteiger partial charge in [0.2, 0.25) is 0 Å². The number of fused-ring (bicyclic) bond motifs is 1. The summed E-state index contributed by atoms with van der Waals surface area (Å²) in [6.07, 6.45) is 0. The lowest BCUT2D eigenvalue weighted by atomic mass is 10.1. The van der Waals surface area contributed by atoms with Gasteiger partial charge < -0.3 is 4.90 Å². The van der Waals surface area contributed by atoms with E-state index >= 15 is 0 Å². The Bertz CT molecular complexity index is 1220. The summed E-state index contributed by atoms with van der Waals surface area (Å²) in [5, 5.41) is 4.28. The van der Waals surface area contributed by atoms with Crippen LogP contribution in [0.1, 0.15) is 27.6 Å². The Balaban J connectivity index is 1.60. The lowest BCUT2D eigenvalue weighted by molar-refractivity contribution is 0.0701. The zero-order valence-corrected chi connectivity index (χ0v) is 17.3. The normalized spacial score (nSPS) is 13.8. The molecule has 8 nitrogen and oxygen atoms in total. The number of halogens is 1. The van der Waals surface area contributed by atoms with Crippen LogP contribution < -0.4 is 4.72 Å². The van der Waals surface area contributed by atoms with Gasteiger partial charge in [-0.1, -0.05) is 6.07 Å². The van der Waals surface area contributed by atoms with Gasteiger partial charge in [0.25, 0.3) is 15.9 Å². The first-order valence-electron chi connectivity index (χ1n) is 9.31. The van der Waals surface area contributed by atoms with Gasteiger partial charge in [-0.15, -0.1) is 0 Å². The van der Waals surface area contributed by atoms with Crippen LogP contribution in [-0.2, 0) is 23.1 Å². The quantitative estimate of drug-likeness (QED) is 0.687. The molecule has 4 rings (SSSR count). The van der Waals surface area contributed by atoms with Gasteiger partial charge in [-0.25, -0.2) is 22.5 Å². The first-order valence-corrected chi connectivity index (χ1v) is 10.8. The van der Waals surface area contributed by atoms with Crippen LogP contribution in [0.2, 0.25) is 0 Å². The number of nitrogens with one attached hydrogen (secondary N) is 1. The molecule has 0 fully saturated rings. The molecule has 0 aliphatic carbocycles. The largest absolute Gasteiger partial charge is 0.329 e. The summed E-state index contributed by atoms with van der Waals surface area (Å²) >= 11 is 0. The van der Waals surface area contributed by atoms with E-state index in [0.29, 0.717) is 42.4 Å². The first kappa shape index (κ1) is 20.0. The number of sulfonamides is 1. The van der Waals surface area contributed by atoms with Crippen molar-refractivity contribution in [3.8, 4) is 0 Å². The molecule has 1 amide bonds. The third-order valence-corrected chi connectivity index (χ3v) is 6.28. The van der Waals surface area contributed by atoms with Gasteiger partial charge in [-0.2, -0.15) is 5.10 Å². The maximum atomic E-state index is 13.1. The fourth-order valence-corrected chi connectivity index (χ4v) is 4.42. The van der Waals surface area contributed by atoms with E-state index in [9.17, 15) is 17.6 Å². The second kappa shape index (κ2) is 7.52. The molecule has 1 aliphatic rings. The number of hydrogen-bond acceptors (Lipinski definition) is 5. The predicted molar refractivity (Wildman–Crippen MR) is 108 cm³/mol. The minimum atomic E-state index is -3.94. The number of aromatic nitrogens is 3. The fourth-order valence-electron chi connectivity index (χ4n) is 3.33. The third-order valence-electron chi connectivity index (χ3n) is 4.90. The standard InChI is InChI=1S/C20H20FN5O3S/c1-13-3-8-17(30(28,29)24-16-6-4-15(21)5-7-16)11-18(13)20(27)25-9-10-26-19(12-25)22-14(2)23-26/h3-8,11,24H,9-10,12H2,1-2H3. The van der Waals surface area contributed by atoms with Crippen molar-refractivity contribution in [2.24, 2.45) is 0 Å². The first-order chi connectivity index (χ1) is 14.2. The fraction of sp³-hybridized carbons (Fsp3) is 0.250. The van der Waals surface area contributed by atoms with Crippen molar-refractivity contribution in [1.82, 2.24) is 19.7 Å². The van der Waals surface area contributed by atoms with Gasteiger partial charge in [-0.05, 0) is 55.8 Å². The highest BCUT2D eigenvalue weighted by Gasteiger charge is 2.26. The van der Waals surface area contributed by atoms with Crippen LogP contribution >= 0.6 is 0 Å². The van der Waals surface area contributed by atoms with E-state index in [4.69, 9.17) is 0 Å². The second-order valence-electron chi connectivity index (χ2n) is 7.11. The molecule has 30 heavy (non-hydrogen) atoms. The average Bonchev–Trinajstić information content (AvgIpc) is 3.08. The Morgan fingerprint density at radius 3 is 2.57 bits per heavy atom. The molecule has 1 aliphatic heterocycles. The number of aryl methyl sites for hydroxylation is 2. The molecule has 156 valence electrons. The maximum Gasteiger partial charge on any atom is 0.261 e. The van der Waals surface area contributed by atoms with Gasteiger partial charge >= 0.3 is 0 Å². The summed E-state index contributed by atoms with van der Waals surface area (Å²) in [6.45, 7) is 4.85. The number of benzene rings is 2. The Kier molecular flexibility index (Phi) is 5.02. The molecule has 0 unspecified atom stereocenters. The van der Waals surface area contributed by atoms with Gasteiger partial charge in [0, 0.05) is 17.8 Å². The zero-order valence-electron chi connectivity index (χ0n) is 16.5. The van der Waals surface area contributed by atoms with Crippen molar-refractivity contribution in [3.63, 3.8) is 0 Å². The summed E-state index contributed by atoms with van der Waals surface area (Å²) in [7, 11) is -3.94. The highest BCUT2D eigenvalue weighted by atomic mass is 32.2. The van der Waals surface area contributed by atoms with Gasteiger partial charge in [0.1, 0.15) is 17.5 Å². The molecule has 2 aromatic carbocycles. The predicted octanol–water partition coefficient (Wildman–Crippen LogP) is 2.49. The zero-order chi connectivity index (χ0) is 21.5. The molecular weight excluding hydrogens is 409 g/mol. The molecule has 2 heterocycles. The van der Waals surface area contributed by atoms with Crippen LogP contribution in [0.4, 0.5) is 10.1 Å². The van der Waals surface area contributed by atoms with Crippen LogP contribution in [0.15, 0.2) is 47.4 Å². The molecule has 0 saturated heterocycles. The van der Waals surface area contributed by atoms with Gasteiger partial charge in [-0.3, -0.25) is 9.52 Å². The lowest BCUT2D eigenvalue weighted by Crippen LogP contribution is -2.39. The minimum absolute atomic E-state index is 0.0446. The number of hydrogen-bond donors (Lipinski definition) is 1. The van der Waals surface area contributed by atoms with Crippen LogP contribution in [-0.4, -0.2) is 40.5 Å². The smallest absolute Gasteiger partial charge is 0.261 e. The van der Waals surface area contributed by atoms with Crippen LogP contribution in [0, 0.1) is 19.7 Å². The van der Waals surface area contributed by atoms with Crippen molar-refractivity contribution >= 4 is 21.6 Å². The number of carbonyl (C=O) groups is 1. The maximum absolute atomic E-state index is 13.1. The highest BCUT2D eigenvalue weighted by Crippen LogP contribution is 2.22. The second-order valence-corrected chi connectivity index (χ2v) is 8.80. The topological polar surface area (TPSA) is 97.2 Å².